The maximum Gasteiger partial charge on any atom is 0.123 e. The number of benzene rings is 1. The number of piperazine rings is 1. The molecule has 0 spiro atoms. The maximum absolute atomic E-state index is 5.48. The van der Waals surface area contributed by atoms with E-state index in [2.05, 4.69) is 40.2 Å². The Kier molecular flexibility index (Phi) is 4.41. The predicted molar refractivity (Wildman–Crippen MR) is 93.6 cm³/mol. The van der Waals surface area contributed by atoms with Crippen molar-refractivity contribution in [3.8, 4) is 5.75 Å². The lowest BCUT2D eigenvalue weighted by Gasteiger charge is -2.37. The lowest BCUT2D eigenvalue weighted by atomic mass is 9.93. The highest BCUT2D eigenvalue weighted by molar-refractivity contribution is 5.33. The number of nitrogens with zero attached hydrogens (tertiary/aromatic N) is 2. The van der Waals surface area contributed by atoms with Crippen LogP contribution in [-0.2, 0) is 6.54 Å². The Morgan fingerprint density at radius 1 is 1.00 bits per heavy atom. The molecule has 1 aliphatic heterocycles. The standard InChI is InChI=1S/C20H28N2O/c1-23-20-5-3-2-4-18(20)14-21-8-10-22(11-9-21)15-19-13-16-6-7-17(19)12-16/h2-7,16-17,19H,8-15H2,1H3/t16-,17+,19-/m0/s1. The minimum Gasteiger partial charge on any atom is -0.496 e. The van der Waals surface area contributed by atoms with Crippen LogP contribution in [0.1, 0.15) is 18.4 Å². The molecule has 3 atom stereocenters. The number of allylic oxidation sites excluding steroid dienone is 2. The number of para-hydroxylation sites is 1. The molecule has 0 unspecified atom stereocenters. The Morgan fingerprint density at radius 2 is 1.78 bits per heavy atom. The van der Waals surface area contributed by atoms with Gasteiger partial charge < -0.3 is 9.64 Å². The van der Waals surface area contributed by atoms with Crippen molar-refractivity contribution in [2.24, 2.45) is 17.8 Å². The van der Waals surface area contributed by atoms with Crippen LogP contribution in [0, 0.1) is 17.8 Å². The van der Waals surface area contributed by atoms with Crippen molar-refractivity contribution in [1.29, 1.82) is 0 Å². The van der Waals surface area contributed by atoms with Gasteiger partial charge in [-0.05, 0) is 36.7 Å². The molecule has 1 saturated carbocycles. The van der Waals surface area contributed by atoms with Gasteiger partial charge in [-0.25, -0.2) is 0 Å². The normalized spacial score (nSPS) is 30.9. The highest BCUT2D eigenvalue weighted by Gasteiger charge is 2.36. The van der Waals surface area contributed by atoms with Gasteiger partial charge in [-0.15, -0.1) is 0 Å². The summed E-state index contributed by atoms with van der Waals surface area (Å²) in [6.45, 7) is 7.10. The molecular weight excluding hydrogens is 284 g/mol. The molecule has 1 aromatic carbocycles. The van der Waals surface area contributed by atoms with E-state index in [0.29, 0.717) is 0 Å². The lowest BCUT2D eigenvalue weighted by molar-refractivity contribution is 0.108. The van der Waals surface area contributed by atoms with Crippen LogP contribution < -0.4 is 4.74 Å². The summed E-state index contributed by atoms with van der Waals surface area (Å²) in [5.41, 5.74) is 1.31. The van der Waals surface area contributed by atoms with Gasteiger partial charge in [-0.2, -0.15) is 0 Å². The molecule has 0 radical (unpaired) electrons. The molecule has 0 N–H and O–H groups in total. The number of ether oxygens (including phenoxy) is 1. The fraction of sp³-hybridized carbons (Fsp3) is 0.600. The van der Waals surface area contributed by atoms with Crippen molar-refractivity contribution in [3.63, 3.8) is 0 Å². The van der Waals surface area contributed by atoms with E-state index >= 15 is 0 Å². The summed E-state index contributed by atoms with van der Waals surface area (Å²) in [5, 5.41) is 0. The molecule has 124 valence electrons. The first-order valence-corrected chi connectivity index (χ1v) is 9.07. The summed E-state index contributed by atoms with van der Waals surface area (Å²) < 4.78 is 5.48. The maximum atomic E-state index is 5.48. The molecule has 2 fully saturated rings. The first-order chi connectivity index (χ1) is 11.3. The topological polar surface area (TPSA) is 15.7 Å². The summed E-state index contributed by atoms with van der Waals surface area (Å²) in [4.78, 5) is 5.26. The number of fused-ring (bicyclic) bond motifs is 2. The molecule has 2 bridgehead atoms. The quantitative estimate of drug-likeness (QED) is 0.777. The van der Waals surface area contributed by atoms with Crippen molar-refractivity contribution in [2.45, 2.75) is 19.4 Å². The molecule has 2 aliphatic carbocycles. The minimum atomic E-state index is 0.881. The van der Waals surface area contributed by atoms with Gasteiger partial charge in [-0.1, -0.05) is 30.4 Å². The third-order valence-corrected chi connectivity index (χ3v) is 5.96. The van der Waals surface area contributed by atoms with Crippen molar-refractivity contribution in [1.82, 2.24) is 9.80 Å². The average Bonchev–Trinajstić information content (AvgIpc) is 3.20. The molecule has 23 heavy (non-hydrogen) atoms. The van der Waals surface area contributed by atoms with Crippen molar-refractivity contribution < 1.29 is 4.74 Å². The summed E-state index contributed by atoms with van der Waals surface area (Å²) in [6.07, 6.45) is 7.80. The van der Waals surface area contributed by atoms with E-state index in [4.69, 9.17) is 4.74 Å². The van der Waals surface area contributed by atoms with E-state index in [0.717, 1.165) is 30.0 Å². The van der Waals surface area contributed by atoms with Gasteiger partial charge >= 0.3 is 0 Å². The van der Waals surface area contributed by atoms with Crippen molar-refractivity contribution in [3.05, 3.63) is 42.0 Å². The molecule has 4 rings (SSSR count). The monoisotopic (exact) mass is 312 g/mol. The first-order valence-electron chi connectivity index (χ1n) is 9.07. The molecule has 1 heterocycles. The third-order valence-electron chi connectivity index (χ3n) is 5.96. The Hall–Kier alpha value is -1.32. The van der Waals surface area contributed by atoms with E-state index in [1.54, 1.807) is 7.11 Å². The van der Waals surface area contributed by atoms with Gasteiger partial charge in [-0.3, -0.25) is 4.90 Å². The van der Waals surface area contributed by atoms with E-state index in [-0.39, 0.29) is 0 Å². The SMILES string of the molecule is COc1ccccc1CN1CCN(C[C@@H]2C[C@H]3C=C[C@@H]2C3)CC1. The Labute approximate surface area is 139 Å². The highest BCUT2D eigenvalue weighted by Crippen LogP contribution is 2.43. The summed E-state index contributed by atoms with van der Waals surface area (Å²) in [6, 6.07) is 8.40. The summed E-state index contributed by atoms with van der Waals surface area (Å²) in [5.74, 6) is 3.72. The zero-order chi connectivity index (χ0) is 15.6. The van der Waals surface area contributed by atoms with Crippen LogP contribution in [0.4, 0.5) is 0 Å². The van der Waals surface area contributed by atoms with Gasteiger partial charge in [0.25, 0.3) is 0 Å². The number of methoxy groups -OCH3 is 1. The minimum absolute atomic E-state index is 0.881. The van der Waals surface area contributed by atoms with E-state index in [9.17, 15) is 0 Å². The Morgan fingerprint density at radius 3 is 2.48 bits per heavy atom. The van der Waals surface area contributed by atoms with Crippen LogP contribution in [0.15, 0.2) is 36.4 Å². The third kappa shape index (κ3) is 3.31. The fourth-order valence-electron chi connectivity index (χ4n) is 4.64. The second-order valence-corrected chi connectivity index (χ2v) is 7.43. The van der Waals surface area contributed by atoms with Crippen molar-refractivity contribution >= 4 is 0 Å². The van der Waals surface area contributed by atoms with E-state index in [1.165, 1.54) is 51.1 Å². The first kappa shape index (κ1) is 15.2. The molecule has 0 amide bonds. The molecule has 1 aromatic rings. The molecular formula is C20H28N2O. The van der Waals surface area contributed by atoms with Gasteiger partial charge in [0, 0.05) is 44.8 Å². The van der Waals surface area contributed by atoms with Crippen LogP contribution >= 0.6 is 0 Å². The Balaban J connectivity index is 1.27. The van der Waals surface area contributed by atoms with Gasteiger partial charge in [0.15, 0.2) is 0 Å². The highest BCUT2D eigenvalue weighted by atomic mass is 16.5. The van der Waals surface area contributed by atoms with Crippen LogP contribution in [0.2, 0.25) is 0 Å². The smallest absolute Gasteiger partial charge is 0.123 e. The predicted octanol–water partition coefficient (Wildman–Crippen LogP) is 3.03. The van der Waals surface area contributed by atoms with Gasteiger partial charge in [0.05, 0.1) is 7.11 Å². The Bertz CT molecular complexity index is 563. The zero-order valence-corrected chi connectivity index (χ0v) is 14.2. The van der Waals surface area contributed by atoms with Crippen molar-refractivity contribution in [2.75, 3.05) is 39.8 Å². The number of hydrogen-bond donors (Lipinski definition) is 0. The number of hydrogen-bond acceptors (Lipinski definition) is 3. The fourth-order valence-corrected chi connectivity index (χ4v) is 4.64. The molecule has 1 saturated heterocycles. The summed E-state index contributed by atoms with van der Waals surface area (Å²) >= 11 is 0. The molecule has 3 aliphatic rings. The van der Waals surface area contributed by atoms with Gasteiger partial charge in [0.2, 0.25) is 0 Å². The van der Waals surface area contributed by atoms with Crippen LogP contribution in [-0.4, -0.2) is 49.6 Å². The number of rotatable bonds is 5. The van der Waals surface area contributed by atoms with Crippen LogP contribution in [0.3, 0.4) is 0 Å². The lowest BCUT2D eigenvalue weighted by Crippen LogP contribution is -2.47. The molecule has 0 aromatic heterocycles. The molecule has 3 heteroatoms. The van der Waals surface area contributed by atoms with E-state index < -0.39 is 0 Å². The van der Waals surface area contributed by atoms with Gasteiger partial charge in [0.1, 0.15) is 5.75 Å². The zero-order valence-electron chi connectivity index (χ0n) is 14.2. The average molecular weight is 312 g/mol. The molecule has 3 nitrogen and oxygen atoms in total. The second kappa shape index (κ2) is 6.66. The summed E-state index contributed by atoms with van der Waals surface area (Å²) in [7, 11) is 1.76. The van der Waals surface area contributed by atoms with Crippen LogP contribution in [0.25, 0.3) is 0 Å². The van der Waals surface area contributed by atoms with Crippen LogP contribution in [0.5, 0.6) is 5.75 Å². The van der Waals surface area contributed by atoms with E-state index in [1.807, 2.05) is 6.07 Å². The largest absolute Gasteiger partial charge is 0.496 e. The second-order valence-electron chi connectivity index (χ2n) is 7.43.